The third-order valence-electron chi connectivity index (χ3n) is 22.8. The lowest BCUT2D eigenvalue weighted by Crippen LogP contribution is -2.33. The molecule has 4 aliphatic rings. The van der Waals surface area contributed by atoms with E-state index in [0.717, 1.165) is 25.7 Å². The second-order valence-electron chi connectivity index (χ2n) is 28.7. The fourth-order valence-electron chi connectivity index (χ4n) is 18.5. The van der Waals surface area contributed by atoms with Crippen LogP contribution in [-0.4, -0.2) is 48.8 Å². The van der Waals surface area contributed by atoms with Crippen LogP contribution in [0.25, 0.3) is 43.1 Å². The molecule has 0 fully saturated rings. The van der Waals surface area contributed by atoms with E-state index in [0.29, 0.717) is 0 Å². The van der Waals surface area contributed by atoms with Crippen LogP contribution < -0.4 is 9.80 Å². The van der Waals surface area contributed by atoms with Crippen molar-refractivity contribution in [1.29, 1.82) is 0 Å². The van der Waals surface area contributed by atoms with Gasteiger partial charge in [-0.25, -0.2) is 0 Å². The first kappa shape index (κ1) is 60.5. The lowest BCUT2D eigenvalue weighted by atomic mass is 9.71. The molecular weight excluding hydrogens is 1160 g/mol. The zero-order valence-corrected chi connectivity index (χ0v) is 56.9. The average Bonchev–Trinajstić information content (AvgIpc) is 1.65. The number of hydrogen-bond acceptors (Lipinski definition) is 2. The highest BCUT2D eigenvalue weighted by Gasteiger charge is 2.51. The highest BCUT2D eigenvalue weighted by atomic mass is 15.2. The van der Waals surface area contributed by atoms with Crippen LogP contribution in [0.4, 0.5) is 22.7 Å². The van der Waals surface area contributed by atoms with Gasteiger partial charge in [0.2, 0.25) is 11.4 Å². The van der Waals surface area contributed by atoms with Gasteiger partial charge in [-0.2, -0.15) is 9.15 Å². The first-order chi connectivity index (χ1) is 46.7. The third-order valence-corrected chi connectivity index (χ3v) is 22.8. The summed E-state index contributed by atoms with van der Waals surface area (Å²) in [6, 6.07) is 95.3. The van der Waals surface area contributed by atoms with Gasteiger partial charge >= 0.3 is 0 Å². The molecule has 0 N–H and O–H groups in total. The summed E-state index contributed by atoms with van der Waals surface area (Å²) in [6.07, 6.45) is 17.9. The molecule has 0 bridgehead atoms. The van der Waals surface area contributed by atoms with Crippen LogP contribution >= 0.6 is 0 Å². The molecule has 16 rings (SSSR count). The summed E-state index contributed by atoms with van der Waals surface area (Å²) in [5, 5.41) is 10.4. The second kappa shape index (κ2) is 23.5. The van der Waals surface area contributed by atoms with Crippen molar-refractivity contribution in [1.82, 2.24) is 0 Å². The lowest BCUT2D eigenvalue weighted by molar-refractivity contribution is -0.401. The van der Waals surface area contributed by atoms with Crippen molar-refractivity contribution in [2.75, 3.05) is 38.0 Å². The Hall–Kier alpha value is -10.4. The van der Waals surface area contributed by atoms with E-state index in [1.165, 1.54) is 144 Å². The van der Waals surface area contributed by atoms with E-state index in [4.69, 9.17) is 0 Å². The molecule has 0 aromatic heterocycles. The third kappa shape index (κ3) is 9.61. The molecule has 0 amide bonds. The summed E-state index contributed by atoms with van der Waals surface area (Å²) in [6.45, 7) is 12.4. The van der Waals surface area contributed by atoms with E-state index >= 15 is 0 Å². The maximum atomic E-state index is 2.57. The minimum Gasteiger partial charge on any atom is -0.347 e. The number of benzene rings is 12. The first-order valence-electron chi connectivity index (χ1n) is 34.5. The van der Waals surface area contributed by atoms with Gasteiger partial charge in [0.1, 0.15) is 14.1 Å². The molecule has 4 aliphatic heterocycles. The van der Waals surface area contributed by atoms with Crippen LogP contribution in [0.5, 0.6) is 0 Å². The van der Waals surface area contributed by atoms with Gasteiger partial charge in [-0.3, -0.25) is 0 Å². The van der Waals surface area contributed by atoms with E-state index in [2.05, 4.69) is 373 Å². The summed E-state index contributed by atoms with van der Waals surface area (Å²) in [5.74, 6) is 0.0300. The van der Waals surface area contributed by atoms with Crippen molar-refractivity contribution in [3.05, 3.63) is 358 Å². The van der Waals surface area contributed by atoms with Crippen LogP contribution in [0.3, 0.4) is 0 Å². The molecule has 470 valence electrons. The Labute approximate surface area is 567 Å². The summed E-state index contributed by atoms with van der Waals surface area (Å²) < 4.78 is 5.06. The standard InChI is InChI=1S/C92H84N4/c1-62(75-56-79-87(73-46-28-26-44-71(73)75)91(4,60-65-36-18-12-19-37-65)83(95(79)8)50-30-48-81-89(2,58-63-32-14-10-15-33-63)85-69-42-24-22-40-67(69)52-54-77(85)93(81)6)76-57-80-88(74-47-29-27-45-72(74)76)92(5,61-66-38-20-13-21-39-66)84(96(80)9)51-31-49-82-90(3,59-64-34-16-11-17-35-64)86-70-43-25-23-41-68(70)53-55-78(86)94(82)7/h10-57,62H,58-61H2,1-9H3/q+2. The summed E-state index contributed by atoms with van der Waals surface area (Å²) in [7, 11) is 9.16. The fraction of sp³-hybridized carbons (Fsp3) is 0.196. The van der Waals surface area contributed by atoms with Gasteiger partial charge in [0.05, 0.1) is 10.8 Å². The zero-order valence-electron chi connectivity index (χ0n) is 56.9. The Balaban J connectivity index is 0.829. The van der Waals surface area contributed by atoms with Crippen molar-refractivity contribution in [2.24, 2.45) is 0 Å². The smallest absolute Gasteiger partial charge is 0.210 e. The molecule has 0 saturated heterocycles. The Morgan fingerprint density at radius 2 is 0.646 bits per heavy atom. The van der Waals surface area contributed by atoms with Gasteiger partial charge in [0.25, 0.3) is 0 Å². The van der Waals surface area contributed by atoms with Crippen molar-refractivity contribution in [3.8, 4) is 0 Å². The van der Waals surface area contributed by atoms with Crippen LogP contribution in [0.2, 0.25) is 0 Å². The molecular formula is C92H84N4+2. The molecule has 0 spiro atoms. The van der Waals surface area contributed by atoms with E-state index in [9.17, 15) is 0 Å². The van der Waals surface area contributed by atoms with Crippen molar-refractivity contribution in [2.45, 2.75) is 87.9 Å². The second-order valence-corrected chi connectivity index (χ2v) is 28.7. The SMILES string of the molecule is CC(c1cc2c(c3ccccc13)C(C)(Cc1ccccc1)C(/C=C/C=C1/N(C)c3ccc4ccccc4c3C1(C)Cc1ccccc1)=[N+]2C)c1cc2c(c3ccccc13)C(C)(Cc1ccccc1)C(/C=C/C=C1/N(C)c3ccc4ccccc4c3C1(C)Cc1ccccc1)=[N+]2C. The van der Waals surface area contributed by atoms with Gasteiger partial charge in [0, 0.05) is 89.0 Å². The first-order valence-corrected chi connectivity index (χ1v) is 34.5. The van der Waals surface area contributed by atoms with Gasteiger partial charge in [-0.05, 0) is 165 Å². The van der Waals surface area contributed by atoms with Crippen molar-refractivity contribution < 1.29 is 9.15 Å². The van der Waals surface area contributed by atoms with Crippen molar-refractivity contribution >= 4 is 77.3 Å². The number of rotatable bonds is 14. The van der Waals surface area contributed by atoms with E-state index < -0.39 is 0 Å². The Kier molecular flexibility index (Phi) is 14.8. The Bertz CT molecular complexity index is 4970. The number of hydrogen-bond donors (Lipinski definition) is 0. The van der Waals surface area contributed by atoms with Crippen LogP contribution in [-0.2, 0) is 47.3 Å². The number of nitrogens with zero attached hydrogens (tertiary/aromatic N) is 4. The quantitative estimate of drug-likeness (QED) is 0.101. The minimum absolute atomic E-state index is 0.0300. The van der Waals surface area contributed by atoms with Crippen LogP contribution in [0, 0.1) is 0 Å². The number of allylic oxidation sites excluding steroid dienone is 8. The summed E-state index contributed by atoms with van der Waals surface area (Å²) in [5.41, 5.74) is 22.5. The highest BCUT2D eigenvalue weighted by Crippen LogP contribution is 2.56. The van der Waals surface area contributed by atoms with Gasteiger partial charge in [-0.1, -0.05) is 250 Å². The van der Waals surface area contributed by atoms with Gasteiger partial charge in [-0.15, -0.1) is 0 Å². The Morgan fingerprint density at radius 3 is 1.00 bits per heavy atom. The van der Waals surface area contributed by atoms with E-state index in [-0.39, 0.29) is 27.6 Å². The molecule has 4 atom stereocenters. The van der Waals surface area contributed by atoms with E-state index in [1.807, 2.05) is 0 Å². The summed E-state index contributed by atoms with van der Waals surface area (Å²) >= 11 is 0. The Morgan fingerprint density at radius 1 is 0.344 bits per heavy atom. The predicted molar refractivity (Wildman–Crippen MR) is 406 cm³/mol. The van der Waals surface area contributed by atoms with Gasteiger partial charge in [0.15, 0.2) is 11.4 Å². The van der Waals surface area contributed by atoms with Crippen LogP contribution in [0.15, 0.2) is 303 Å². The topological polar surface area (TPSA) is 12.5 Å². The molecule has 4 heteroatoms. The molecule has 96 heavy (non-hydrogen) atoms. The number of fused-ring (bicyclic) bond motifs is 12. The summed E-state index contributed by atoms with van der Waals surface area (Å²) in [4.78, 5) is 4.90. The predicted octanol–water partition coefficient (Wildman–Crippen LogP) is 21.1. The zero-order chi connectivity index (χ0) is 65.7. The van der Waals surface area contributed by atoms with Gasteiger partial charge < -0.3 is 9.80 Å². The minimum atomic E-state index is -0.371. The highest BCUT2D eigenvalue weighted by molar-refractivity contribution is 6.11. The van der Waals surface area contributed by atoms with Crippen LogP contribution in [0.1, 0.15) is 96.2 Å². The normalized spacial score (nSPS) is 21.7. The fourth-order valence-corrected chi connectivity index (χ4v) is 18.5. The molecule has 4 heterocycles. The monoisotopic (exact) mass is 1240 g/mol. The maximum absolute atomic E-state index is 2.57. The molecule has 0 aliphatic carbocycles. The molecule has 12 aromatic rings. The maximum Gasteiger partial charge on any atom is 0.210 e. The van der Waals surface area contributed by atoms with E-state index in [1.54, 1.807) is 0 Å². The molecule has 0 radical (unpaired) electrons. The average molecular weight is 1250 g/mol. The number of likely N-dealkylation sites (N-methyl/N-ethyl adjacent to an activating group) is 2. The van der Waals surface area contributed by atoms with Crippen molar-refractivity contribution in [3.63, 3.8) is 0 Å². The molecule has 12 aromatic carbocycles. The lowest BCUT2D eigenvalue weighted by Gasteiger charge is -2.29. The number of anilines is 2. The molecule has 4 unspecified atom stereocenters. The molecule has 0 saturated carbocycles. The molecule has 4 nitrogen and oxygen atoms in total. The largest absolute Gasteiger partial charge is 0.347 e.